The Balaban J connectivity index is 1.40. The van der Waals surface area contributed by atoms with Gasteiger partial charge in [0.1, 0.15) is 18.0 Å². The summed E-state index contributed by atoms with van der Waals surface area (Å²) in [7, 11) is 0. The molecule has 0 aliphatic heterocycles. The van der Waals surface area contributed by atoms with Gasteiger partial charge in [0.25, 0.3) is 0 Å². The Labute approximate surface area is 210 Å². The van der Waals surface area contributed by atoms with Crippen molar-refractivity contribution in [3.8, 4) is 11.5 Å². The second-order valence-electron chi connectivity index (χ2n) is 7.62. The molecule has 0 saturated heterocycles. The van der Waals surface area contributed by atoms with E-state index in [4.69, 9.17) is 28.5 Å². The summed E-state index contributed by atoms with van der Waals surface area (Å²) in [4.78, 5) is 12.2. The second-order valence-corrected chi connectivity index (χ2v) is 8.03. The fraction of sp³-hybridized carbons (Fsp3) is 0.160. The summed E-state index contributed by atoms with van der Waals surface area (Å²) in [5.41, 5.74) is 8.75. The van der Waals surface area contributed by atoms with Crippen LogP contribution in [0.4, 0.5) is 5.69 Å². The summed E-state index contributed by atoms with van der Waals surface area (Å²) in [5, 5.41) is 14.4. The van der Waals surface area contributed by atoms with Crippen LogP contribution in [-0.4, -0.2) is 41.6 Å². The summed E-state index contributed by atoms with van der Waals surface area (Å²) in [6.45, 7) is 2.67. The van der Waals surface area contributed by atoms with E-state index in [2.05, 4.69) is 21.1 Å². The van der Waals surface area contributed by atoms with Crippen LogP contribution in [0.1, 0.15) is 11.1 Å². The highest BCUT2D eigenvalue weighted by atomic mass is 32.1. The zero-order valence-electron chi connectivity index (χ0n) is 19.4. The lowest BCUT2D eigenvalue weighted by Gasteiger charge is -2.15. The molecule has 35 heavy (non-hydrogen) atoms. The van der Waals surface area contributed by atoms with E-state index in [9.17, 15) is 4.79 Å². The van der Waals surface area contributed by atoms with Crippen molar-refractivity contribution in [3.63, 3.8) is 0 Å². The lowest BCUT2D eigenvalue weighted by molar-refractivity contribution is -0.122. The molecule has 9 nitrogen and oxygen atoms in total. The molecule has 1 amide bonds. The van der Waals surface area contributed by atoms with E-state index in [1.807, 2.05) is 67.6 Å². The molecule has 3 rings (SSSR count). The molecule has 182 valence electrons. The molecule has 0 radical (unpaired) electrons. The quantitative estimate of drug-likeness (QED) is 0.0731. The summed E-state index contributed by atoms with van der Waals surface area (Å²) in [6.07, 6.45) is 0. The molecule has 0 aromatic heterocycles. The van der Waals surface area contributed by atoms with Gasteiger partial charge in [-0.2, -0.15) is 0 Å². The normalized spacial score (nSPS) is 10.9. The zero-order valence-corrected chi connectivity index (χ0v) is 20.2. The number of benzene rings is 3. The highest BCUT2D eigenvalue weighted by Crippen LogP contribution is 2.21. The molecule has 0 saturated carbocycles. The number of nitrogens with one attached hydrogen (secondary N) is 3. The number of carbonyl (C=O) groups is 1. The zero-order chi connectivity index (χ0) is 25.0. The average Bonchev–Trinajstić information content (AvgIpc) is 2.84. The van der Waals surface area contributed by atoms with Crippen molar-refractivity contribution in [3.05, 3.63) is 90.0 Å². The number of hydrazine groups is 1. The lowest BCUT2D eigenvalue weighted by atomic mass is 10.2. The van der Waals surface area contributed by atoms with E-state index < -0.39 is 0 Å². The minimum Gasteiger partial charge on any atom is -0.457 e. The Morgan fingerprint density at radius 1 is 0.971 bits per heavy atom. The molecule has 0 fully saturated rings. The Hall–Kier alpha value is -4.15. The maximum atomic E-state index is 12.2. The number of nitrogens with zero attached hydrogens (tertiary/aromatic N) is 2. The minimum atomic E-state index is -0.301. The van der Waals surface area contributed by atoms with Gasteiger partial charge in [-0.3, -0.25) is 4.79 Å². The third kappa shape index (κ3) is 8.95. The number of hydrogen-bond acceptors (Lipinski definition) is 6. The Bertz CT molecular complexity index is 1150. The first kappa shape index (κ1) is 25.5. The minimum absolute atomic E-state index is 0.160. The van der Waals surface area contributed by atoms with Crippen molar-refractivity contribution in [1.29, 1.82) is 0 Å². The first-order chi connectivity index (χ1) is 16.9. The average molecular weight is 492 g/mol. The smallest absolute Gasteiger partial charge is 0.243 e. The van der Waals surface area contributed by atoms with Crippen LogP contribution in [-0.2, 0) is 4.79 Å². The lowest BCUT2D eigenvalue weighted by Crippen LogP contribution is -2.42. The number of rotatable bonds is 10. The standard InChI is InChI=1S/C25H29N7O2S/c1-18-10-12-20(13-11-18)30-25(35)29-15-14-28-23(33)17-32(27)31-24(26)19-6-5-9-22(16-19)34-21-7-3-2-4-8-21/h2-13,16H,14-15,17,27H2,1H3,(H2,26,31)(H,28,33)(H2,29,30,35). The third-order valence-corrected chi connectivity index (χ3v) is 4.94. The number of carbonyl (C=O) groups excluding carboxylic acids is 1. The molecule has 0 spiro atoms. The molecular weight excluding hydrogens is 462 g/mol. The van der Waals surface area contributed by atoms with E-state index in [1.54, 1.807) is 18.2 Å². The predicted octanol–water partition coefficient (Wildman–Crippen LogP) is 2.69. The van der Waals surface area contributed by atoms with Crippen molar-refractivity contribution < 1.29 is 9.53 Å². The van der Waals surface area contributed by atoms with Crippen LogP contribution >= 0.6 is 12.2 Å². The molecule has 0 heterocycles. The summed E-state index contributed by atoms with van der Waals surface area (Å²) in [6, 6.07) is 24.4. The number of nitrogens with two attached hydrogens (primary N) is 2. The van der Waals surface area contributed by atoms with Gasteiger partial charge in [0.15, 0.2) is 10.9 Å². The molecule has 0 atom stereocenters. The SMILES string of the molecule is Cc1ccc(NC(=S)NCCNC(=O)CN(N)/N=C(\N)c2cccc(Oc3ccccc3)c2)cc1. The third-order valence-electron chi connectivity index (χ3n) is 4.69. The van der Waals surface area contributed by atoms with Crippen LogP contribution in [0.15, 0.2) is 84.0 Å². The number of para-hydroxylation sites is 1. The molecule has 0 unspecified atom stereocenters. The van der Waals surface area contributed by atoms with E-state index >= 15 is 0 Å². The number of ether oxygens (including phenoxy) is 1. The van der Waals surface area contributed by atoms with Gasteiger partial charge >= 0.3 is 0 Å². The topological polar surface area (TPSA) is 130 Å². The Morgan fingerprint density at radius 2 is 1.66 bits per heavy atom. The summed E-state index contributed by atoms with van der Waals surface area (Å²) < 4.78 is 5.81. The molecule has 3 aromatic rings. The summed E-state index contributed by atoms with van der Waals surface area (Å²) in [5.74, 6) is 7.02. The van der Waals surface area contributed by atoms with Crippen molar-refractivity contribution in [2.45, 2.75) is 6.92 Å². The van der Waals surface area contributed by atoms with E-state index in [1.165, 1.54) is 5.56 Å². The maximum Gasteiger partial charge on any atom is 0.243 e. The molecule has 10 heteroatoms. The van der Waals surface area contributed by atoms with Crippen molar-refractivity contribution in [2.24, 2.45) is 16.7 Å². The molecular formula is C25H29N7O2S. The first-order valence-corrected chi connectivity index (χ1v) is 11.4. The van der Waals surface area contributed by atoms with Crippen molar-refractivity contribution in [2.75, 3.05) is 25.0 Å². The van der Waals surface area contributed by atoms with Gasteiger partial charge in [0, 0.05) is 24.3 Å². The van der Waals surface area contributed by atoms with Crippen LogP contribution < -0.4 is 32.3 Å². The molecule has 0 bridgehead atoms. The van der Waals surface area contributed by atoms with Gasteiger partial charge in [-0.1, -0.05) is 48.0 Å². The highest BCUT2D eigenvalue weighted by Gasteiger charge is 2.08. The van der Waals surface area contributed by atoms with Crippen LogP contribution in [0.3, 0.4) is 0 Å². The van der Waals surface area contributed by atoms with Gasteiger partial charge in [0.2, 0.25) is 5.91 Å². The van der Waals surface area contributed by atoms with Crippen LogP contribution in [0.25, 0.3) is 0 Å². The van der Waals surface area contributed by atoms with Crippen molar-refractivity contribution >= 4 is 34.8 Å². The fourth-order valence-electron chi connectivity index (χ4n) is 2.97. The first-order valence-electron chi connectivity index (χ1n) is 11.0. The van der Waals surface area contributed by atoms with Crippen molar-refractivity contribution in [1.82, 2.24) is 15.8 Å². The largest absolute Gasteiger partial charge is 0.457 e. The van der Waals surface area contributed by atoms with Gasteiger partial charge in [-0.05, 0) is 55.5 Å². The van der Waals surface area contributed by atoms with Gasteiger partial charge < -0.3 is 26.4 Å². The van der Waals surface area contributed by atoms with Gasteiger partial charge in [-0.15, -0.1) is 5.10 Å². The Kier molecular flexibility index (Phi) is 9.40. The maximum absolute atomic E-state index is 12.2. The Morgan fingerprint density at radius 3 is 2.40 bits per heavy atom. The number of amidine groups is 1. The highest BCUT2D eigenvalue weighted by molar-refractivity contribution is 7.80. The van der Waals surface area contributed by atoms with Gasteiger partial charge in [-0.25, -0.2) is 11.0 Å². The van der Waals surface area contributed by atoms with Crippen LogP contribution in [0.5, 0.6) is 11.5 Å². The van der Waals surface area contributed by atoms with E-state index in [0.29, 0.717) is 35.3 Å². The predicted molar refractivity (Wildman–Crippen MR) is 143 cm³/mol. The monoisotopic (exact) mass is 491 g/mol. The number of anilines is 1. The number of hydrazone groups is 1. The molecule has 0 aliphatic rings. The van der Waals surface area contributed by atoms with E-state index in [0.717, 1.165) is 10.8 Å². The molecule has 0 aliphatic carbocycles. The number of hydrogen-bond donors (Lipinski definition) is 5. The number of aryl methyl sites for hydroxylation is 1. The number of thiocarbonyl (C=S) groups is 1. The van der Waals surface area contributed by atoms with E-state index in [-0.39, 0.29) is 18.3 Å². The number of amides is 1. The van der Waals surface area contributed by atoms with Crippen LogP contribution in [0.2, 0.25) is 0 Å². The molecule has 3 aromatic carbocycles. The van der Waals surface area contributed by atoms with Gasteiger partial charge in [0.05, 0.1) is 0 Å². The molecule has 7 N–H and O–H groups in total. The fourth-order valence-corrected chi connectivity index (χ4v) is 3.19. The summed E-state index contributed by atoms with van der Waals surface area (Å²) >= 11 is 5.25. The second kappa shape index (κ2) is 12.9. The van der Waals surface area contributed by atoms with Crippen LogP contribution in [0, 0.1) is 6.92 Å².